The van der Waals surface area contributed by atoms with E-state index < -0.39 is 0 Å². The van der Waals surface area contributed by atoms with Gasteiger partial charge in [0.1, 0.15) is 10.5 Å². The highest BCUT2D eigenvalue weighted by atomic mass is 32.1. The summed E-state index contributed by atoms with van der Waals surface area (Å²) >= 11 is 1.38. The maximum Gasteiger partial charge on any atom is 0.252 e. The zero-order chi connectivity index (χ0) is 19.3. The van der Waals surface area contributed by atoms with Crippen molar-refractivity contribution in [3.8, 4) is 0 Å². The lowest BCUT2D eigenvalue weighted by atomic mass is 10.2. The van der Waals surface area contributed by atoms with Crippen LogP contribution in [0.5, 0.6) is 0 Å². The standard InChI is InChI=1S/C20H18N6OS/c1-2-25(19(27)13-12-15-8-4-3-5-9-15)20-23-22-18(28-20)14-26-17-11-7-6-10-16(17)21-24-26/h3-13H,2,14H2,1H3/b13-12+. The number of fused-ring (bicyclic) bond motifs is 1. The molecule has 0 saturated carbocycles. The van der Waals surface area contributed by atoms with Gasteiger partial charge in [-0.15, -0.1) is 15.3 Å². The third-order valence-corrected chi connectivity index (χ3v) is 5.12. The zero-order valence-corrected chi connectivity index (χ0v) is 16.1. The van der Waals surface area contributed by atoms with Crippen LogP contribution in [0, 0.1) is 0 Å². The molecule has 0 atom stereocenters. The molecule has 140 valence electrons. The number of carbonyl (C=O) groups is 1. The molecule has 7 nitrogen and oxygen atoms in total. The minimum atomic E-state index is -0.125. The molecule has 2 aromatic heterocycles. The third-order valence-electron chi connectivity index (χ3n) is 4.19. The number of rotatable bonds is 6. The molecule has 4 rings (SSSR count). The summed E-state index contributed by atoms with van der Waals surface area (Å²) in [5.41, 5.74) is 2.75. The molecule has 4 aromatic rings. The van der Waals surface area contributed by atoms with Crippen LogP contribution in [-0.2, 0) is 11.3 Å². The first-order chi connectivity index (χ1) is 13.7. The van der Waals surface area contributed by atoms with Crippen molar-refractivity contribution in [2.24, 2.45) is 0 Å². The van der Waals surface area contributed by atoms with Crippen LogP contribution >= 0.6 is 11.3 Å². The number of nitrogens with zero attached hydrogens (tertiary/aromatic N) is 6. The molecule has 0 aliphatic carbocycles. The number of amides is 1. The summed E-state index contributed by atoms with van der Waals surface area (Å²) in [5.74, 6) is -0.125. The van der Waals surface area contributed by atoms with Crippen molar-refractivity contribution < 1.29 is 4.79 Å². The van der Waals surface area contributed by atoms with Crippen molar-refractivity contribution in [1.29, 1.82) is 0 Å². The first-order valence-corrected chi connectivity index (χ1v) is 9.71. The van der Waals surface area contributed by atoms with Crippen LogP contribution < -0.4 is 4.90 Å². The molecular weight excluding hydrogens is 372 g/mol. The van der Waals surface area contributed by atoms with Crippen LogP contribution in [-0.4, -0.2) is 37.6 Å². The van der Waals surface area contributed by atoms with E-state index >= 15 is 0 Å². The van der Waals surface area contributed by atoms with Gasteiger partial charge in [-0.05, 0) is 30.7 Å². The maximum absolute atomic E-state index is 12.6. The highest BCUT2D eigenvalue weighted by Crippen LogP contribution is 2.22. The fraction of sp³-hybridized carbons (Fsp3) is 0.150. The molecule has 0 unspecified atom stereocenters. The molecule has 0 saturated heterocycles. The van der Waals surface area contributed by atoms with Gasteiger partial charge >= 0.3 is 0 Å². The minimum Gasteiger partial charge on any atom is -0.283 e. The van der Waals surface area contributed by atoms with E-state index in [0.29, 0.717) is 18.2 Å². The van der Waals surface area contributed by atoms with E-state index in [4.69, 9.17) is 0 Å². The van der Waals surface area contributed by atoms with Crippen molar-refractivity contribution in [2.45, 2.75) is 13.5 Å². The van der Waals surface area contributed by atoms with E-state index in [9.17, 15) is 4.79 Å². The van der Waals surface area contributed by atoms with Gasteiger partial charge in [0.15, 0.2) is 0 Å². The SMILES string of the molecule is CCN(C(=O)/C=C/c1ccccc1)c1nnc(Cn2nnc3ccccc32)s1. The molecule has 1 amide bonds. The summed E-state index contributed by atoms with van der Waals surface area (Å²) < 4.78 is 1.78. The van der Waals surface area contributed by atoms with Gasteiger partial charge in [-0.2, -0.15) is 0 Å². The fourth-order valence-corrected chi connectivity index (χ4v) is 3.68. The van der Waals surface area contributed by atoms with Crippen molar-refractivity contribution in [1.82, 2.24) is 25.2 Å². The Morgan fingerprint density at radius 2 is 1.86 bits per heavy atom. The van der Waals surface area contributed by atoms with Gasteiger partial charge in [0.2, 0.25) is 5.13 Å². The molecule has 0 radical (unpaired) electrons. The molecular formula is C20H18N6OS. The topological polar surface area (TPSA) is 76.8 Å². The molecule has 0 spiro atoms. The van der Waals surface area contributed by atoms with Crippen LogP contribution in [0.2, 0.25) is 0 Å². The largest absolute Gasteiger partial charge is 0.283 e. The smallest absolute Gasteiger partial charge is 0.252 e. The summed E-state index contributed by atoms with van der Waals surface area (Å²) in [6, 6.07) is 17.5. The Bertz CT molecular complexity index is 1120. The Morgan fingerprint density at radius 3 is 2.68 bits per heavy atom. The van der Waals surface area contributed by atoms with Gasteiger partial charge < -0.3 is 0 Å². The predicted molar refractivity (Wildman–Crippen MR) is 110 cm³/mol. The molecule has 0 aliphatic heterocycles. The Kier molecular flexibility index (Phi) is 5.20. The highest BCUT2D eigenvalue weighted by Gasteiger charge is 2.17. The molecule has 0 bridgehead atoms. The number of likely N-dealkylation sites (N-methyl/N-ethyl adjacent to an activating group) is 1. The number of para-hydroxylation sites is 1. The van der Waals surface area contributed by atoms with Crippen LogP contribution in [0.4, 0.5) is 5.13 Å². The third kappa shape index (κ3) is 3.81. The quantitative estimate of drug-likeness (QED) is 0.472. The summed E-state index contributed by atoms with van der Waals surface area (Å²) in [7, 11) is 0. The fourth-order valence-electron chi connectivity index (χ4n) is 2.79. The number of carbonyl (C=O) groups excluding carboxylic acids is 1. The van der Waals surface area contributed by atoms with Crippen molar-refractivity contribution in [3.63, 3.8) is 0 Å². The number of hydrogen-bond donors (Lipinski definition) is 0. The molecule has 0 aliphatic rings. The zero-order valence-electron chi connectivity index (χ0n) is 15.3. The summed E-state index contributed by atoms with van der Waals surface area (Å²) in [6.07, 6.45) is 3.36. The summed E-state index contributed by atoms with van der Waals surface area (Å²) in [4.78, 5) is 14.2. The van der Waals surface area contributed by atoms with E-state index in [-0.39, 0.29) is 5.91 Å². The Hall–Kier alpha value is -3.39. The van der Waals surface area contributed by atoms with Gasteiger partial charge in [-0.1, -0.05) is 59.0 Å². The van der Waals surface area contributed by atoms with Crippen molar-refractivity contribution in [2.75, 3.05) is 11.4 Å². The molecule has 0 N–H and O–H groups in total. The lowest BCUT2D eigenvalue weighted by Gasteiger charge is -2.14. The minimum absolute atomic E-state index is 0.125. The lowest BCUT2D eigenvalue weighted by Crippen LogP contribution is -2.28. The highest BCUT2D eigenvalue weighted by molar-refractivity contribution is 7.15. The van der Waals surface area contributed by atoms with E-state index in [2.05, 4.69) is 20.5 Å². The number of benzene rings is 2. The Labute approximate surface area is 165 Å². The second-order valence-corrected chi connectivity index (χ2v) is 7.08. The monoisotopic (exact) mass is 390 g/mol. The van der Waals surface area contributed by atoms with E-state index in [1.54, 1.807) is 21.7 Å². The average Bonchev–Trinajstić information content (AvgIpc) is 3.36. The molecule has 8 heteroatoms. The van der Waals surface area contributed by atoms with Crippen LogP contribution in [0.1, 0.15) is 17.5 Å². The second kappa shape index (κ2) is 8.10. The first kappa shape index (κ1) is 18.0. The molecule has 28 heavy (non-hydrogen) atoms. The summed E-state index contributed by atoms with van der Waals surface area (Å²) in [5, 5.41) is 18.1. The second-order valence-electron chi connectivity index (χ2n) is 6.04. The number of hydrogen-bond acceptors (Lipinski definition) is 6. The van der Waals surface area contributed by atoms with E-state index in [0.717, 1.165) is 21.6 Å². The van der Waals surface area contributed by atoms with Crippen LogP contribution in [0.15, 0.2) is 60.7 Å². The Balaban J connectivity index is 1.50. The summed E-state index contributed by atoms with van der Waals surface area (Å²) in [6.45, 7) is 2.89. The van der Waals surface area contributed by atoms with Gasteiger partial charge in [0.05, 0.1) is 12.1 Å². The lowest BCUT2D eigenvalue weighted by molar-refractivity contribution is -0.114. The Morgan fingerprint density at radius 1 is 1.07 bits per heavy atom. The van der Waals surface area contributed by atoms with Crippen LogP contribution in [0.3, 0.4) is 0 Å². The van der Waals surface area contributed by atoms with Gasteiger partial charge in [0, 0.05) is 12.6 Å². The predicted octanol–water partition coefficient (Wildman–Crippen LogP) is 3.40. The van der Waals surface area contributed by atoms with Crippen LogP contribution in [0.25, 0.3) is 17.1 Å². The van der Waals surface area contributed by atoms with Crippen molar-refractivity contribution >= 4 is 39.5 Å². The van der Waals surface area contributed by atoms with E-state index in [1.807, 2.05) is 61.5 Å². The maximum atomic E-state index is 12.6. The molecule has 2 aromatic carbocycles. The molecule has 2 heterocycles. The number of anilines is 1. The average molecular weight is 390 g/mol. The normalized spacial score (nSPS) is 11.3. The number of aromatic nitrogens is 5. The van der Waals surface area contributed by atoms with E-state index in [1.165, 1.54) is 11.3 Å². The van der Waals surface area contributed by atoms with Gasteiger partial charge in [-0.25, -0.2) is 4.68 Å². The van der Waals surface area contributed by atoms with Gasteiger partial charge in [-0.3, -0.25) is 9.69 Å². The molecule has 0 fully saturated rings. The van der Waals surface area contributed by atoms with Gasteiger partial charge in [0.25, 0.3) is 5.91 Å². The van der Waals surface area contributed by atoms with Crippen molar-refractivity contribution in [3.05, 3.63) is 71.2 Å². The first-order valence-electron chi connectivity index (χ1n) is 8.90.